The normalized spacial score (nSPS) is 18.1. The summed E-state index contributed by atoms with van der Waals surface area (Å²) in [5.74, 6) is 0.0359. The number of rotatable bonds is 7. The van der Waals surface area contributed by atoms with E-state index in [1.807, 2.05) is 24.3 Å². The maximum absolute atomic E-state index is 11.9. The maximum atomic E-state index is 11.9. The van der Waals surface area contributed by atoms with E-state index in [0.29, 0.717) is 6.42 Å². The van der Waals surface area contributed by atoms with E-state index in [4.69, 9.17) is 4.74 Å². The number of benzene rings is 1. The second-order valence-corrected chi connectivity index (χ2v) is 5.26. The van der Waals surface area contributed by atoms with E-state index in [0.717, 1.165) is 44.6 Å². The first-order valence-electron chi connectivity index (χ1n) is 7.49. The van der Waals surface area contributed by atoms with Crippen LogP contribution in [-0.4, -0.2) is 25.2 Å². The lowest BCUT2D eigenvalue weighted by atomic mass is 10.1. The molecule has 0 saturated carbocycles. The molecule has 0 bridgehead atoms. The van der Waals surface area contributed by atoms with Crippen LogP contribution >= 0.6 is 0 Å². The predicted molar refractivity (Wildman–Crippen MR) is 80.7 cm³/mol. The molecule has 1 aliphatic heterocycles. The number of nitrogens with one attached hydrogen (secondary N) is 2. The van der Waals surface area contributed by atoms with Gasteiger partial charge in [0, 0.05) is 18.8 Å². The van der Waals surface area contributed by atoms with Crippen LogP contribution in [0.3, 0.4) is 0 Å². The van der Waals surface area contributed by atoms with Crippen LogP contribution in [0.25, 0.3) is 0 Å². The number of hydrogen-bond donors (Lipinski definition) is 2. The monoisotopic (exact) mass is 276 g/mol. The Morgan fingerprint density at radius 3 is 2.80 bits per heavy atom. The Hall–Kier alpha value is -1.39. The van der Waals surface area contributed by atoms with Gasteiger partial charge in [-0.3, -0.25) is 4.79 Å². The van der Waals surface area contributed by atoms with Crippen molar-refractivity contribution in [3.8, 4) is 0 Å². The van der Waals surface area contributed by atoms with Crippen molar-refractivity contribution in [3.05, 3.63) is 29.8 Å². The van der Waals surface area contributed by atoms with Crippen molar-refractivity contribution in [2.45, 2.75) is 45.3 Å². The van der Waals surface area contributed by atoms with E-state index in [-0.39, 0.29) is 12.0 Å². The second kappa shape index (κ2) is 8.02. The molecule has 4 heteroatoms. The Kier molecular flexibility index (Phi) is 6.02. The van der Waals surface area contributed by atoms with Crippen molar-refractivity contribution >= 4 is 11.6 Å². The van der Waals surface area contributed by atoms with E-state index >= 15 is 0 Å². The largest absolute Gasteiger partial charge is 0.378 e. The van der Waals surface area contributed by atoms with Crippen LogP contribution in [0.1, 0.15) is 38.2 Å². The Balaban J connectivity index is 1.76. The average molecular weight is 276 g/mol. The minimum absolute atomic E-state index is 0.0359. The molecule has 0 spiro atoms. The SMILES string of the molecule is CCCNCc1ccc(NC(=O)CC2CCCO2)cc1. The molecule has 2 N–H and O–H groups in total. The molecular weight excluding hydrogens is 252 g/mol. The van der Waals surface area contributed by atoms with E-state index < -0.39 is 0 Å². The molecule has 0 radical (unpaired) electrons. The molecule has 0 aromatic heterocycles. The number of ether oxygens (including phenoxy) is 1. The number of anilines is 1. The fourth-order valence-electron chi connectivity index (χ4n) is 2.34. The van der Waals surface area contributed by atoms with Crippen molar-refractivity contribution < 1.29 is 9.53 Å². The van der Waals surface area contributed by atoms with Gasteiger partial charge in [-0.1, -0.05) is 19.1 Å². The molecule has 1 atom stereocenters. The molecule has 1 heterocycles. The summed E-state index contributed by atoms with van der Waals surface area (Å²) in [5.41, 5.74) is 2.09. The van der Waals surface area contributed by atoms with Crippen LogP contribution in [0.4, 0.5) is 5.69 Å². The highest BCUT2D eigenvalue weighted by Gasteiger charge is 2.18. The van der Waals surface area contributed by atoms with Gasteiger partial charge in [0.2, 0.25) is 5.91 Å². The fourth-order valence-corrected chi connectivity index (χ4v) is 2.34. The number of carbonyl (C=O) groups is 1. The zero-order valence-corrected chi connectivity index (χ0v) is 12.2. The zero-order chi connectivity index (χ0) is 14.2. The van der Waals surface area contributed by atoms with Gasteiger partial charge in [-0.05, 0) is 43.5 Å². The summed E-state index contributed by atoms with van der Waals surface area (Å²) in [6.45, 7) is 4.84. The molecule has 1 amide bonds. The van der Waals surface area contributed by atoms with Gasteiger partial charge in [0.1, 0.15) is 0 Å². The fraction of sp³-hybridized carbons (Fsp3) is 0.562. The standard InChI is InChI=1S/C16H24N2O2/c1-2-9-17-12-13-5-7-14(8-6-13)18-16(19)11-15-4-3-10-20-15/h5-8,15,17H,2-4,9-12H2,1H3,(H,18,19). The second-order valence-electron chi connectivity index (χ2n) is 5.26. The first kappa shape index (κ1) is 15.0. The van der Waals surface area contributed by atoms with Crippen molar-refractivity contribution in [1.82, 2.24) is 5.32 Å². The highest BCUT2D eigenvalue weighted by molar-refractivity contribution is 5.91. The van der Waals surface area contributed by atoms with Crippen molar-refractivity contribution in [3.63, 3.8) is 0 Å². The van der Waals surface area contributed by atoms with Crippen molar-refractivity contribution in [1.29, 1.82) is 0 Å². The molecule has 1 unspecified atom stereocenters. The number of carbonyl (C=O) groups excluding carboxylic acids is 1. The molecular formula is C16H24N2O2. The number of hydrogen-bond acceptors (Lipinski definition) is 3. The molecule has 0 aliphatic carbocycles. The Morgan fingerprint density at radius 2 is 2.15 bits per heavy atom. The third-order valence-electron chi connectivity index (χ3n) is 3.43. The van der Waals surface area contributed by atoms with Crippen LogP contribution in [0, 0.1) is 0 Å². The van der Waals surface area contributed by atoms with E-state index in [2.05, 4.69) is 17.6 Å². The first-order chi connectivity index (χ1) is 9.78. The highest BCUT2D eigenvalue weighted by atomic mass is 16.5. The van der Waals surface area contributed by atoms with Gasteiger partial charge in [0.25, 0.3) is 0 Å². The van der Waals surface area contributed by atoms with Crippen molar-refractivity contribution in [2.75, 3.05) is 18.5 Å². The van der Waals surface area contributed by atoms with Gasteiger partial charge >= 0.3 is 0 Å². The van der Waals surface area contributed by atoms with Crippen LogP contribution < -0.4 is 10.6 Å². The third-order valence-corrected chi connectivity index (χ3v) is 3.43. The summed E-state index contributed by atoms with van der Waals surface area (Å²) < 4.78 is 5.47. The van der Waals surface area contributed by atoms with Crippen LogP contribution in [-0.2, 0) is 16.1 Å². The highest BCUT2D eigenvalue weighted by Crippen LogP contribution is 2.16. The maximum Gasteiger partial charge on any atom is 0.226 e. The first-order valence-corrected chi connectivity index (χ1v) is 7.49. The molecule has 20 heavy (non-hydrogen) atoms. The minimum Gasteiger partial charge on any atom is -0.378 e. The lowest BCUT2D eigenvalue weighted by Crippen LogP contribution is -2.19. The van der Waals surface area contributed by atoms with E-state index in [1.54, 1.807) is 0 Å². The molecule has 4 nitrogen and oxygen atoms in total. The quantitative estimate of drug-likeness (QED) is 0.753. The summed E-state index contributed by atoms with van der Waals surface area (Å²) in [7, 11) is 0. The zero-order valence-electron chi connectivity index (χ0n) is 12.2. The summed E-state index contributed by atoms with van der Waals surface area (Å²) in [6.07, 6.45) is 3.76. The molecule has 2 rings (SSSR count). The lowest BCUT2D eigenvalue weighted by Gasteiger charge is -2.10. The van der Waals surface area contributed by atoms with Crippen LogP contribution in [0.5, 0.6) is 0 Å². The van der Waals surface area contributed by atoms with Gasteiger partial charge in [-0.15, -0.1) is 0 Å². The van der Waals surface area contributed by atoms with Gasteiger partial charge in [0.05, 0.1) is 12.5 Å². The molecule has 1 aromatic carbocycles. The summed E-state index contributed by atoms with van der Waals surface area (Å²) in [6, 6.07) is 8.00. The van der Waals surface area contributed by atoms with Gasteiger partial charge < -0.3 is 15.4 Å². The van der Waals surface area contributed by atoms with Crippen LogP contribution in [0.2, 0.25) is 0 Å². The predicted octanol–water partition coefficient (Wildman–Crippen LogP) is 2.69. The third kappa shape index (κ3) is 4.94. The molecule has 1 saturated heterocycles. The van der Waals surface area contributed by atoms with Gasteiger partial charge in [0.15, 0.2) is 0 Å². The molecule has 110 valence electrons. The lowest BCUT2D eigenvalue weighted by molar-refractivity contribution is -0.118. The molecule has 1 fully saturated rings. The molecule has 1 aromatic rings. The Morgan fingerprint density at radius 1 is 1.35 bits per heavy atom. The summed E-state index contributed by atoms with van der Waals surface area (Å²) in [5, 5.41) is 6.28. The van der Waals surface area contributed by atoms with E-state index in [1.165, 1.54) is 5.56 Å². The molecule has 1 aliphatic rings. The van der Waals surface area contributed by atoms with Gasteiger partial charge in [-0.25, -0.2) is 0 Å². The van der Waals surface area contributed by atoms with Crippen molar-refractivity contribution in [2.24, 2.45) is 0 Å². The summed E-state index contributed by atoms with van der Waals surface area (Å²) in [4.78, 5) is 11.9. The topological polar surface area (TPSA) is 50.4 Å². The summed E-state index contributed by atoms with van der Waals surface area (Å²) >= 11 is 0. The minimum atomic E-state index is 0.0359. The average Bonchev–Trinajstić information content (AvgIpc) is 2.94. The van der Waals surface area contributed by atoms with Crippen LogP contribution in [0.15, 0.2) is 24.3 Å². The Bertz CT molecular complexity index is 411. The Labute approximate surface area is 120 Å². The smallest absolute Gasteiger partial charge is 0.226 e. The van der Waals surface area contributed by atoms with Gasteiger partial charge in [-0.2, -0.15) is 0 Å². The number of amides is 1. The van der Waals surface area contributed by atoms with E-state index in [9.17, 15) is 4.79 Å².